The van der Waals surface area contributed by atoms with Crippen LogP contribution in [0.3, 0.4) is 0 Å². The van der Waals surface area contributed by atoms with Gasteiger partial charge in [0.2, 0.25) is 0 Å². The second-order valence-electron chi connectivity index (χ2n) is 2.58. The molecule has 0 aromatic heterocycles. The maximum absolute atomic E-state index is 10.0. The van der Waals surface area contributed by atoms with Crippen LogP contribution in [0.2, 0.25) is 0 Å². The fourth-order valence-corrected chi connectivity index (χ4v) is 0.576. The van der Waals surface area contributed by atoms with Crippen molar-refractivity contribution in [3.8, 4) is 0 Å². The molecule has 0 radical (unpaired) electrons. The van der Waals surface area contributed by atoms with Crippen molar-refractivity contribution < 1.29 is 71.5 Å². The van der Waals surface area contributed by atoms with Crippen LogP contribution in [0.25, 0.3) is 0 Å². The predicted octanol–water partition coefficient (Wildman–Crippen LogP) is -4.57. The minimum atomic E-state index is -1.58. The minimum absolute atomic E-state index is 0. The number of carboxylic acid groups (broad SMARTS) is 1. The molecule has 0 rings (SSSR count). The molecule has 0 aromatic rings. The Hall–Kier alpha value is 0.766. The molecule has 0 fully saturated rings. The summed E-state index contributed by atoms with van der Waals surface area (Å²) in [5.41, 5.74) is -1.50. The molecule has 0 spiro atoms. The summed E-state index contributed by atoms with van der Waals surface area (Å²) < 4.78 is 0. The van der Waals surface area contributed by atoms with Crippen LogP contribution >= 0.6 is 0 Å². The van der Waals surface area contributed by atoms with Crippen LogP contribution in [0.15, 0.2) is 12.2 Å². The Morgan fingerprint density at radius 1 is 1.67 bits per heavy atom. The van der Waals surface area contributed by atoms with Crippen LogP contribution in [-0.2, 0) is 4.79 Å². The van der Waals surface area contributed by atoms with Crippen LogP contribution in [0.1, 0.15) is 13.3 Å². The molecule has 2 N–H and O–H groups in total. The van der Waals surface area contributed by atoms with Crippen LogP contribution < -0.4 is 56.5 Å². The molecule has 0 amide bonds. The number of aliphatic hydroxyl groups is 2. The number of hydrogen-bond acceptors (Lipinski definition) is 4. The van der Waals surface area contributed by atoms with Gasteiger partial charge in [0.25, 0.3) is 0 Å². The summed E-state index contributed by atoms with van der Waals surface area (Å²) in [6, 6.07) is 0. The van der Waals surface area contributed by atoms with E-state index in [2.05, 4.69) is 6.58 Å². The van der Waals surface area contributed by atoms with Crippen molar-refractivity contribution >= 4 is 5.97 Å². The van der Waals surface area contributed by atoms with E-state index < -0.39 is 24.6 Å². The summed E-state index contributed by atoms with van der Waals surface area (Å²) in [4.78, 5) is 10.0. The molecule has 0 heterocycles. The van der Waals surface area contributed by atoms with Gasteiger partial charge in [0.15, 0.2) is 0 Å². The van der Waals surface area contributed by atoms with Gasteiger partial charge in [-0.05, 0) is 12.5 Å². The number of rotatable bonds is 4. The molecule has 5 heteroatoms. The number of carboxylic acids is 1. The third-order valence-corrected chi connectivity index (χ3v) is 1.44. The van der Waals surface area contributed by atoms with E-state index in [9.17, 15) is 15.0 Å². The van der Waals surface area contributed by atoms with Crippen LogP contribution in [0.4, 0.5) is 0 Å². The SMILES string of the molecule is C=C(CO)C(C)(O)CC(=O)[O-].[K+]. The van der Waals surface area contributed by atoms with Gasteiger partial charge in [0.05, 0.1) is 12.2 Å². The van der Waals surface area contributed by atoms with Gasteiger partial charge in [-0.15, -0.1) is 0 Å². The molecule has 4 nitrogen and oxygen atoms in total. The molecule has 1 atom stereocenters. The zero-order chi connectivity index (χ0) is 9.07. The van der Waals surface area contributed by atoms with E-state index in [-0.39, 0.29) is 57.0 Å². The number of aliphatic carboxylic acids is 1. The molecule has 12 heavy (non-hydrogen) atoms. The van der Waals surface area contributed by atoms with Gasteiger partial charge in [0, 0.05) is 12.4 Å². The average molecular weight is 198 g/mol. The molecule has 0 aliphatic carbocycles. The fourth-order valence-electron chi connectivity index (χ4n) is 0.576. The van der Waals surface area contributed by atoms with E-state index >= 15 is 0 Å². The van der Waals surface area contributed by atoms with Crippen molar-refractivity contribution in [2.45, 2.75) is 18.9 Å². The summed E-state index contributed by atoms with van der Waals surface area (Å²) >= 11 is 0. The van der Waals surface area contributed by atoms with Crippen molar-refractivity contribution in [3.05, 3.63) is 12.2 Å². The number of carbonyl (C=O) groups is 1. The normalized spacial score (nSPS) is 14.2. The summed E-state index contributed by atoms with van der Waals surface area (Å²) in [5.74, 6) is -1.37. The molecular formula is C7H11KO4. The second kappa shape index (κ2) is 6.26. The summed E-state index contributed by atoms with van der Waals surface area (Å²) in [5, 5.41) is 27.8. The molecule has 0 aliphatic heterocycles. The molecule has 0 saturated heterocycles. The summed E-state index contributed by atoms with van der Waals surface area (Å²) in [7, 11) is 0. The smallest absolute Gasteiger partial charge is 0.550 e. The van der Waals surface area contributed by atoms with Gasteiger partial charge >= 0.3 is 51.4 Å². The first-order valence-electron chi connectivity index (χ1n) is 3.11. The van der Waals surface area contributed by atoms with Gasteiger partial charge in [-0.25, -0.2) is 0 Å². The summed E-state index contributed by atoms with van der Waals surface area (Å²) in [6.07, 6.45) is -0.549. The van der Waals surface area contributed by atoms with Gasteiger partial charge in [0.1, 0.15) is 0 Å². The Bertz CT molecular complexity index is 176. The fraction of sp³-hybridized carbons (Fsp3) is 0.571. The Morgan fingerprint density at radius 3 is 2.33 bits per heavy atom. The van der Waals surface area contributed by atoms with Crippen LogP contribution in [-0.4, -0.2) is 28.4 Å². The van der Waals surface area contributed by atoms with E-state index in [1.54, 1.807) is 0 Å². The molecule has 64 valence electrons. The second-order valence-corrected chi connectivity index (χ2v) is 2.58. The van der Waals surface area contributed by atoms with E-state index in [0.717, 1.165) is 0 Å². The molecule has 0 aromatic carbocycles. The van der Waals surface area contributed by atoms with Gasteiger partial charge < -0.3 is 20.1 Å². The van der Waals surface area contributed by atoms with Crippen LogP contribution in [0, 0.1) is 0 Å². The average Bonchev–Trinajstić information content (AvgIpc) is 1.83. The third kappa shape index (κ3) is 5.42. The predicted molar refractivity (Wildman–Crippen MR) is 36.5 cm³/mol. The number of aliphatic hydroxyl groups excluding tert-OH is 1. The Morgan fingerprint density at radius 2 is 2.08 bits per heavy atom. The Labute approximate surface area is 114 Å². The van der Waals surface area contributed by atoms with Crippen molar-refractivity contribution in [2.24, 2.45) is 0 Å². The monoisotopic (exact) mass is 198 g/mol. The van der Waals surface area contributed by atoms with E-state index in [4.69, 9.17) is 5.11 Å². The Balaban J connectivity index is 0. The van der Waals surface area contributed by atoms with Crippen molar-refractivity contribution in [2.75, 3.05) is 6.61 Å². The molecule has 0 saturated carbocycles. The third-order valence-electron chi connectivity index (χ3n) is 1.44. The maximum Gasteiger partial charge on any atom is 1.00 e. The number of hydrogen-bond donors (Lipinski definition) is 2. The molecular weight excluding hydrogens is 187 g/mol. The van der Waals surface area contributed by atoms with E-state index in [1.165, 1.54) is 6.92 Å². The van der Waals surface area contributed by atoms with E-state index in [0.29, 0.717) is 0 Å². The first-order valence-corrected chi connectivity index (χ1v) is 3.11. The molecule has 0 bridgehead atoms. The van der Waals surface area contributed by atoms with Gasteiger partial charge in [-0.2, -0.15) is 0 Å². The first kappa shape index (κ1) is 15.2. The van der Waals surface area contributed by atoms with Crippen molar-refractivity contribution in [1.82, 2.24) is 0 Å². The number of carbonyl (C=O) groups excluding carboxylic acids is 1. The maximum atomic E-state index is 10.0. The Kier molecular flexibility index (Phi) is 7.95. The first-order chi connectivity index (χ1) is 4.90. The largest absolute Gasteiger partial charge is 1.00 e. The minimum Gasteiger partial charge on any atom is -0.550 e. The van der Waals surface area contributed by atoms with Gasteiger partial charge in [-0.1, -0.05) is 6.58 Å². The van der Waals surface area contributed by atoms with Crippen molar-refractivity contribution in [3.63, 3.8) is 0 Å². The quantitative estimate of drug-likeness (QED) is 0.352. The van der Waals surface area contributed by atoms with Gasteiger partial charge in [-0.3, -0.25) is 0 Å². The topological polar surface area (TPSA) is 80.6 Å². The standard InChI is InChI=1S/C7H12O4.K/c1-5(4-8)7(2,11)3-6(9)10;/h8,11H,1,3-4H2,2H3,(H,9,10);/q;+1/p-1. The molecule has 0 aliphatic rings. The van der Waals surface area contributed by atoms with Crippen LogP contribution in [0.5, 0.6) is 0 Å². The zero-order valence-electron chi connectivity index (χ0n) is 7.33. The van der Waals surface area contributed by atoms with Crippen molar-refractivity contribution in [1.29, 1.82) is 0 Å². The molecule has 1 unspecified atom stereocenters. The summed E-state index contributed by atoms with van der Waals surface area (Å²) in [6.45, 7) is 4.14. The van der Waals surface area contributed by atoms with E-state index in [1.807, 2.05) is 0 Å². The zero-order valence-corrected chi connectivity index (χ0v) is 10.5.